The van der Waals surface area contributed by atoms with Crippen molar-refractivity contribution in [2.24, 2.45) is 5.73 Å². The molecule has 0 atom stereocenters. The smallest absolute Gasteiger partial charge is 0.256 e. The number of rotatable bonds is 7. The highest BCUT2D eigenvalue weighted by molar-refractivity contribution is 6.12. The average molecular weight is 447 g/mol. The summed E-state index contributed by atoms with van der Waals surface area (Å²) in [4.78, 5) is 29.1. The van der Waals surface area contributed by atoms with Crippen LogP contribution in [0.2, 0.25) is 0 Å². The van der Waals surface area contributed by atoms with Gasteiger partial charge in [-0.3, -0.25) is 9.59 Å². The molecule has 0 fully saturated rings. The highest BCUT2D eigenvalue weighted by Gasteiger charge is 2.20. The number of aryl methyl sites for hydroxylation is 2. The van der Waals surface area contributed by atoms with Crippen LogP contribution in [0.1, 0.15) is 41.8 Å². The quantitative estimate of drug-likeness (QED) is 0.441. The molecule has 0 unspecified atom stereocenters. The summed E-state index contributed by atoms with van der Waals surface area (Å²) < 4.78 is 12.8. The molecule has 9 nitrogen and oxygen atoms in total. The molecular formula is C24H25N5O4. The van der Waals surface area contributed by atoms with Crippen LogP contribution in [0, 0.1) is 13.8 Å². The summed E-state index contributed by atoms with van der Waals surface area (Å²) in [6, 6.07) is 10.5. The summed E-state index contributed by atoms with van der Waals surface area (Å²) in [5, 5.41) is 7.98. The molecule has 3 N–H and O–H groups in total. The standard InChI is InChI=1S/C24H25N5O4/c1-13(2)29-23-20(11-26-29)19(10-21(28-23)18-8-14(3)33-15(18)4)24(31)27-16-6-5-7-17(9-16)32-12-22(25)30/h5-11,13H,12H2,1-4H3,(H2,25,30)(H,27,31). The molecule has 0 bridgehead atoms. The van der Waals surface area contributed by atoms with Crippen molar-refractivity contribution < 1.29 is 18.7 Å². The van der Waals surface area contributed by atoms with E-state index in [9.17, 15) is 9.59 Å². The largest absolute Gasteiger partial charge is 0.484 e. The SMILES string of the molecule is Cc1cc(-c2cc(C(=O)Nc3cccc(OCC(N)=O)c3)c3cnn(C(C)C)c3n2)c(C)o1. The third-order valence-corrected chi connectivity index (χ3v) is 5.09. The van der Waals surface area contributed by atoms with E-state index in [0.717, 1.165) is 17.1 Å². The molecule has 3 heterocycles. The van der Waals surface area contributed by atoms with Gasteiger partial charge < -0.3 is 20.2 Å². The Morgan fingerprint density at radius 3 is 2.67 bits per heavy atom. The lowest BCUT2D eigenvalue weighted by molar-refractivity contribution is -0.119. The number of amides is 2. The van der Waals surface area contributed by atoms with E-state index < -0.39 is 5.91 Å². The van der Waals surface area contributed by atoms with Gasteiger partial charge in [0, 0.05) is 23.4 Å². The number of carbonyl (C=O) groups excluding carboxylic acids is 2. The predicted molar refractivity (Wildman–Crippen MR) is 124 cm³/mol. The number of furan rings is 1. The average Bonchev–Trinajstić information content (AvgIpc) is 3.34. The van der Waals surface area contributed by atoms with E-state index in [4.69, 9.17) is 19.9 Å². The van der Waals surface area contributed by atoms with Crippen molar-refractivity contribution in [2.45, 2.75) is 33.7 Å². The fourth-order valence-electron chi connectivity index (χ4n) is 3.62. The normalized spacial score (nSPS) is 11.2. The Bertz CT molecular complexity index is 1350. The van der Waals surface area contributed by atoms with E-state index in [2.05, 4.69) is 10.4 Å². The fraction of sp³-hybridized carbons (Fsp3) is 0.250. The van der Waals surface area contributed by atoms with Crippen LogP contribution in [0.3, 0.4) is 0 Å². The Labute approximate surface area is 190 Å². The third kappa shape index (κ3) is 4.57. The number of nitrogens with two attached hydrogens (primary N) is 1. The van der Waals surface area contributed by atoms with E-state index in [0.29, 0.717) is 33.7 Å². The van der Waals surface area contributed by atoms with Gasteiger partial charge >= 0.3 is 0 Å². The van der Waals surface area contributed by atoms with Crippen LogP contribution in [-0.2, 0) is 4.79 Å². The van der Waals surface area contributed by atoms with E-state index >= 15 is 0 Å². The molecule has 3 aromatic heterocycles. The summed E-state index contributed by atoms with van der Waals surface area (Å²) in [6.45, 7) is 7.50. The van der Waals surface area contributed by atoms with Gasteiger partial charge in [-0.25, -0.2) is 9.67 Å². The number of pyridine rings is 1. The zero-order valence-electron chi connectivity index (χ0n) is 18.9. The second kappa shape index (κ2) is 8.78. The van der Waals surface area contributed by atoms with Crippen molar-refractivity contribution in [2.75, 3.05) is 11.9 Å². The number of ether oxygens (including phenoxy) is 1. The van der Waals surface area contributed by atoms with Crippen LogP contribution in [0.25, 0.3) is 22.3 Å². The molecule has 0 saturated heterocycles. The van der Waals surface area contributed by atoms with Crippen molar-refractivity contribution >= 4 is 28.5 Å². The number of aromatic nitrogens is 3. The molecule has 4 aromatic rings. The second-order valence-corrected chi connectivity index (χ2v) is 8.04. The van der Waals surface area contributed by atoms with Crippen LogP contribution in [0.15, 0.2) is 47.0 Å². The van der Waals surface area contributed by atoms with E-state index in [1.165, 1.54) is 0 Å². The minimum Gasteiger partial charge on any atom is -0.484 e. The maximum atomic E-state index is 13.3. The molecule has 1 aromatic carbocycles. The maximum Gasteiger partial charge on any atom is 0.256 e. The minimum absolute atomic E-state index is 0.0624. The topological polar surface area (TPSA) is 125 Å². The summed E-state index contributed by atoms with van der Waals surface area (Å²) >= 11 is 0. The number of fused-ring (bicyclic) bond motifs is 1. The van der Waals surface area contributed by atoms with Gasteiger partial charge in [-0.1, -0.05) is 6.07 Å². The Kier molecular flexibility index (Phi) is 5.87. The fourth-order valence-corrected chi connectivity index (χ4v) is 3.62. The number of benzene rings is 1. The summed E-state index contributed by atoms with van der Waals surface area (Å²) in [5.41, 5.74) is 8.14. The molecule has 170 valence electrons. The molecule has 9 heteroatoms. The number of primary amides is 1. The van der Waals surface area contributed by atoms with Crippen LogP contribution < -0.4 is 15.8 Å². The van der Waals surface area contributed by atoms with Crippen LogP contribution in [-0.4, -0.2) is 33.2 Å². The van der Waals surface area contributed by atoms with Crippen LogP contribution >= 0.6 is 0 Å². The number of hydrogen-bond acceptors (Lipinski definition) is 6. The van der Waals surface area contributed by atoms with E-state index in [1.807, 2.05) is 33.8 Å². The first-order valence-corrected chi connectivity index (χ1v) is 10.5. The van der Waals surface area contributed by atoms with Crippen molar-refractivity contribution in [3.63, 3.8) is 0 Å². The van der Waals surface area contributed by atoms with Gasteiger partial charge in [0.25, 0.3) is 11.8 Å². The molecule has 0 saturated carbocycles. The predicted octanol–water partition coefficient (Wildman–Crippen LogP) is 4.01. The highest BCUT2D eigenvalue weighted by Crippen LogP contribution is 2.30. The zero-order valence-corrected chi connectivity index (χ0v) is 18.9. The van der Waals surface area contributed by atoms with E-state index in [1.54, 1.807) is 41.2 Å². The van der Waals surface area contributed by atoms with Crippen molar-refractivity contribution in [1.82, 2.24) is 14.8 Å². The van der Waals surface area contributed by atoms with Gasteiger partial charge in [0.15, 0.2) is 12.3 Å². The Morgan fingerprint density at radius 1 is 1.21 bits per heavy atom. The molecule has 0 radical (unpaired) electrons. The molecule has 33 heavy (non-hydrogen) atoms. The number of nitrogens with one attached hydrogen (secondary N) is 1. The first-order chi connectivity index (χ1) is 15.7. The number of nitrogens with zero attached hydrogens (tertiary/aromatic N) is 3. The lowest BCUT2D eigenvalue weighted by Gasteiger charge is -2.11. The van der Waals surface area contributed by atoms with Gasteiger partial charge in [-0.2, -0.15) is 5.10 Å². The van der Waals surface area contributed by atoms with Crippen LogP contribution in [0.5, 0.6) is 5.75 Å². The van der Waals surface area contributed by atoms with Crippen LogP contribution in [0.4, 0.5) is 5.69 Å². The van der Waals surface area contributed by atoms with E-state index in [-0.39, 0.29) is 18.6 Å². The molecule has 4 rings (SSSR count). The van der Waals surface area contributed by atoms with Gasteiger partial charge in [0.05, 0.1) is 22.8 Å². The van der Waals surface area contributed by atoms with Crippen molar-refractivity contribution in [1.29, 1.82) is 0 Å². The van der Waals surface area contributed by atoms with Gasteiger partial charge in [0.2, 0.25) is 0 Å². The second-order valence-electron chi connectivity index (χ2n) is 8.04. The zero-order chi connectivity index (χ0) is 23.7. The summed E-state index contributed by atoms with van der Waals surface area (Å²) in [6.07, 6.45) is 1.65. The summed E-state index contributed by atoms with van der Waals surface area (Å²) in [5.74, 6) is 1.01. The number of hydrogen-bond donors (Lipinski definition) is 2. The first kappa shape index (κ1) is 22.1. The maximum absolute atomic E-state index is 13.3. The number of anilines is 1. The lowest BCUT2D eigenvalue weighted by atomic mass is 10.1. The Morgan fingerprint density at radius 2 is 2.00 bits per heavy atom. The molecule has 0 aliphatic rings. The molecule has 0 aliphatic carbocycles. The van der Waals surface area contributed by atoms with Gasteiger partial charge in [-0.15, -0.1) is 0 Å². The monoisotopic (exact) mass is 447 g/mol. The lowest BCUT2D eigenvalue weighted by Crippen LogP contribution is -2.20. The molecule has 0 aliphatic heterocycles. The molecular weight excluding hydrogens is 422 g/mol. The Balaban J connectivity index is 1.75. The minimum atomic E-state index is -0.580. The molecule has 2 amide bonds. The summed E-state index contributed by atoms with van der Waals surface area (Å²) in [7, 11) is 0. The molecule has 0 spiro atoms. The van der Waals surface area contributed by atoms with Crippen molar-refractivity contribution in [3.8, 4) is 17.0 Å². The highest BCUT2D eigenvalue weighted by atomic mass is 16.5. The van der Waals surface area contributed by atoms with Crippen molar-refractivity contribution in [3.05, 3.63) is 59.7 Å². The first-order valence-electron chi connectivity index (χ1n) is 10.5. The number of carbonyl (C=O) groups is 2. The Hall–Kier alpha value is -4.14. The van der Waals surface area contributed by atoms with Gasteiger partial charge in [0.1, 0.15) is 17.3 Å². The third-order valence-electron chi connectivity index (χ3n) is 5.09. The van der Waals surface area contributed by atoms with Gasteiger partial charge in [-0.05, 0) is 52.0 Å².